The molecule has 0 saturated heterocycles. The summed E-state index contributed by atoms with van der Waals surface area (Å²) >= 11 is 6.10. The number of hydrogen-bond acceptors (Lipinski definition) is 2. The van der Waals surface area contributed by atoms with Gasteiger partial charge in [-0.2, -0.15) is 0 Å². The lowest BCUT2D eigenvalue weighted by Gasteiger charge is -2.11. The van der Waals surface area contributed by atoms with Gasteiger partial charge in [0, 0.05) is 5.56 Å². The molecule has 0 radical (unpaired) electrons. The second-order valence-electron chi connectivity index (χ2n) is 4.38. The maximum atomic E-state index is 9.30. The molecule has 2 rings (SSSR count). The van der Waals surface area contributed by atoms with Gasteiger partial charge in [-0.15, -0.1) is 0 Å². The zero-order valence-electron chi connectivity index (χ0n) is 10.9. The van der Waals surface area contributed by atoms with Crippen LogP contribution < -0.4 is 4.74 Å². The predicted molar refractivity (Wildman–Crippen MR) is 77.9 cm³/mol. The van der Waals surface area contributed by atoms with Crippen molar-refractivity contribution in [3.8, 4) is 11.5 Å². The maximum Gasteiger partial charge on any atom is 0.151 e. The molecule has 0 aliphatic carbocycles. The van der Waals surface area contributed by atoms with Crippen LogP contribution >= 0.6 is 11.6 Å². The number of ether oxygens (including phenoxy) is 1. The topological polar surface area (TPSA) is 29.5 Å². The highest BCUT2D eigenvalue weighted by Gasteiger charge is 2.08. The van der Waals surface area contributed by atoms with Crippen LogP contribution in [0.1, 0.15) is 24.5 Å². The molecule has 2 aromatic carbocycles. The summed E-state index contributed by atoms with van der Waals surface area (Å²) in [6.07, 6.45) is 2.19. The van der Waals surface area contributed by atoms with E-state index in [0.29, 0.717) is 16.3 Å². The number of aliphatic hydroxyl groups is 1. The van der Waals surface area contributed by atoms with Gasteiger partial charge >= 0.3 is 0 Å². The van der Waals surface area contributed by atoms with Crippen molar-refractivity contribution < 1.29 is 9.84 Å². The highest BCUT2D eigenvalue weighted by molar-refractivity contribution is 6.32. The third-order valence-corrected chi connectivity index (χ3v) is 3.20. The van der Waals surface area contributed by atoms with Gasteiger partial charge < -0.3 is 9.84 Å². The van der Waals surface area contributed by atoms with Gasteiger partial charge in [0.25, 0.3) is 0 Å². The Kier molecular flexibility index (Phi) is 4.83. The standard InChI is InChI=1S/C16H17ClO2/c1-2-4-12-7-9-14(10-8-12)19-16-13(11-18)5-3-6-15(16)17/h3,5-10,18H,2,4,11H2,1H3. The number of halogens is 1. The van der Waals surface area contributed by atoms with Crippen molar-refractivity contribution in [1.82, 2.24) is 0 Å². The molecular weight excluding hydrogens is 260 g/mol. The van der Waals surface area contributed by atoms with Crippen LogP contribution in [0.4, 0.5) is 0 Å². The lowest BCUT2D eigenvalue weighted by atomic mass is 10.1. The largest absolute Gasteiger partial charge is 0.455 e. The summed E-state index contributed by atoms with van der Waals surface area (Å²) in [6.45, 7) is 2.06. The first kappa shape index (κ1) is 13.9. The van der Waals surface area contributed by atoms with Crippen LogP contribution in [-0.2, 0) is 13.0 Å². The molecule has 0 saturated carbocycles. The summed E-state index contributed by atoms with van der Waals surface area (Å²) in [5.41, 5.74) is 1.97. The van der Waals surface area contributed by atoms with Crippen LogP contribution in [0, 0.1) is 0 Å². The molecule has 0 fully saturated rings. The van der Waals surface area contributed by atoms with E-state index in [-0.39, 0.29) is 6.61 Å². The lowest BCUT2D eigenvalue weighted by Crippen LogP contribution is -1.93. The third kappa shape index (κ3) is 3.49. The van der Waals surface area contributed by atoms with Gasteiger partial charge in [0.1, 0.15) is 5.75 Å². The smallest absolute Gasteiger partial charge is 0.151 e. The molecule has 0 heterocycles. The van der Waals surface area contributed by atoms with E-state index in [1.54, 1.807) is 18.2 Å². The predicted octanol–water partition coefficient (Wildman–Crippen LogP) is 4.58. The highest BCUT2D eigenvalue weighted by Crippen LogP contribution is 2.33. The molecule has 2 nitrogen and oxygen atoms in total. The van der Waals surface area contributed by atoms with Crippen molar-refractivity contribution in [2.24, 2.45) is 0 Å². The fourth-order valence-electron chi connectivity index (χ4n) is 1.92. The van der Waals surface area contributed by atoms with Crippen molar-refractivity contribution in [3.05, 3.63) is 58.6 Å². The van der Waals surface area contributed by atoms with Crippen LogP contribution in [-0.4, -0.2) is 5.11 Å². The average molecular weight is 277 g/mol. The SMILES string of the molecule is CCCc1ccc(Oc2c(Cl)cccc2CO)cc1. The number of aliphatic hydroxyl groups excluding tert-OH is 1. The van der Waals surface area contributed by atoms with Crippen LogP contribution in [0.3, 0.4) is 0 Å². The van der Waals surface area contributed by atoms with E-state index >= 15 is 0 Å². The highest BCUT2D eigenvalue weighted by atomic mass is 35.5. The van der Waals surface area contributed by atoms with Gasteiger partial charge in [-0.25, -0.2) is 0 Å². The van der Waals surface area contributed by atoms with E-state index in [1.165, 1.54) is 5.56 Å². The Morgan fingerprint density at radius 2 is 1.84 bits per heavy atom. The fourth-order valence-corrected chi connectivity index (χ4v) is 2.16. The van der Waals surface area contributed by atoms with Crippen molar-refractivity contribution in [1.29, 1.82) is 0 Å². The van der Waals surface area contributed by atoms with Gasteiger partial charge in [0.05, 0.1) is 11.6 Å². The number of hydrogen-bond donors (Lipinski definition) is 1. The molecular formula is C16H17ClO2. The number of para-hydroxylation sites is 1. The Labute approximate surface area is 118 Å². The summed E-state index contributed by atoms with van der Waals surface area (Å²) in [6, 6.07) is 13.3. The van der Waals surface area contributed by atoms with Crippen molar-refractivity contribution in [2.75, 3.05) is 0 Å². The minimum atomic E-state index is -0.0934. The van der Waals surface area contributed by atoms with Crippen LogP contribution in [0.5, 0.6) is 11.5 Å². The van der Waals surface area contributed by atoms with Crippen LogP contribution in [0.15, 0.2) is 42.5 Å². The maximum absolute atomic E-state index is 9.30. The molecule has 0 atom stereocenters. The van der Waals surface area contributed by atoms with E-state index in [0.717, 1.165) is 18.6 Å². The Morgan fingerprint density at radius 3 is 2.47 bits per heavy atom. The molecule has 0 spiro atoms. The monoisotopic (exact) mass is 276 g/mol. The first-order chi connectivity index (χ1) is 9.24. The second-order valence-corrected chi connectivity index (χ2v) is 4.79. The van der Waals surface area contributed by atoms with E-state index in [4.69, 9.17) is 16.3 Å². The van der Waals surface area contributed by atoms with E-state index in [1.807, 2.05) is 24.3 Å². The number of benzene rings is 2. The van der Waals surface area contributed by atoms with Crippen molar-refractivity contribution in [3.63, 3.8) is 0 Å². The average Bonchev–Trinajstić information content (AvgIpc) is 2.43. The Bertz CT molecular complexity index is 535. The number of aryl methyl sites for hydroxylation is 1. The molecule has 100 valence electrons. The van der Waals surface area contributed by atoms with Gasteiger partial charge in [-0.3, -0.25) is 0 Å². The Balaban J connectivity index is 2.21. The summed E-state index contributed by atoms with van der Waals surface area (Å²) in [4.78, 5) is 0. The Morgan fingerprint density at radius 1 is 1.11 bits per heavy atom. The summed E-state index contributed by atoms with van der Waals surface area (Å²) in [5.74, 6) is 1.25. The van der Waals surface area contributed by atoms with Gasteiger partial charge in [0.15, 0.2) is 5.75 Å². The van der Waals surface area contributed by atoms with Gasteiger partial charge in [0.2, 0.25) is 0 Å². The zero-order chi connectivity index (χ0) is 13.7. The minimum Gasteiger partial charge on any atom is -0.455 e. The molecule has 0 bridgehead atoms. The van der Waals surface area contributed by atoms with Crippen LogP contribution in [0.25, 0.3) is 0 Å². The molecule has 0 amide bonds. The Hall–Kier alpha value is -1.51. The first-order valence-electron chi connectivity index (χ1n) is 6.39. The summed E-state index contributed by atoms with van der Waals surface area (Å²) < 4.78 is 5.77. The quantitative estimate of drug-likeness (QED) is 0.866. The molecule has 3 heteroatoms. The molecule has 0 unspecified atom stereocenters. The molecule has 2 aromatic rings. The van der Waals surface area contributed by atoms with E-state index in [2.05, 4.69) is 6.92 Å². The third-order valence-electron chi connectivity index (χ3n) is 2.90. The van der Waals surface area contributed by atoms with E-state index in [9.17, 15) is 5.11 Å². The van der Waals surface area contributed by atoms with Gasteiger partial charge in [-0.05, 0) is 30.2 Å². The molecule has 0 aliphatic rings. The number of rotatable bonds is 5. The summed E-state index contributed by atoms with van der Waals surface area (Å²) in [5, 5.41) is 9.80. The van der Waals surface area contributed by atoms with E-state index < -0.39 is 0 Å². The normalized spacial score (nSPS) is 10.5. The van der Waals surface area contributed by atoms with Crippen LogP contribution in [0.2, 0.25) is 5.02 Å². The fraction of sp³-hybridized carbons (Fsp3) is 0.250. The summed E-state index contributed by atoms with van der Waals surface area (Å²) in [7, 11) is 0. The molecule has 0 aromatic heterocycles. The van der Waals surface area contributed by atoms with Crippen molar-refractivity contribution >= 4 is 11.6 Å². The van der Waals surface area contributed by atoms with Gasteiger partial charge in [-0.1, -0.05) is 49.2 Å². The minimum absolute atomic E-state index is 0.0934. The molecule has 0 aliphatic heterocycles. The molecule has 19 heavy (non-hydrogen) atoms. The molecule has 1 N–H and O–H groups in total. The second kappa shape index (κ2) is 6.60. The van der Waals surface area contributed by atoms with Crippen molar-refractivity contribution in [2.45, 2.75) is 26.4 Å². The first-order valence-corrected chi connectivity index (χ1v) is 6.77. The lowest BCUT2D eigenvalue weighted by molar-refractivity contribution is 0.276. The zero-order valence-corrected chi connectivity index (χ0v) is 11.7.